The standard InChI is InChI=1S/C24H16ClF2NO5S/c1-33-23-16-5-3-2-4-15(16)22(12-17(23)13-6-8-21(27)19(25)10-13)34(31,32)28-14-7-9-20(26)18(11-14)24(29)30/h2-12,28H,1H3,(H,29,30). The summed E-state index contributed by atoms with van der Waals surface area (Å²) in [5.74, 6) is -2.82. The molecule has 4 aromatic rings. The van der Waals surface area contributed by atoms with E-state index in [0.29, 0.717) is 27.6 Å². The van der Waals surface area contributed by atoms with Crippen LogP contribution in [0.5, 0.6) is 5.75 Å². The third kappa shape index (κ3) is 4.27. The topological polar surface area (TPSA) is 92.7 Å². The smallest absolute Gasteiger partial charge is 0.338 e. The summed E-state index contributed by atoms with van der Waals surface area (Å²) in [6.45, 7) is 0. The number of carbonyl (C=O) groups is 1. The number of anilines is 1. The van der Waals surface area contributed by atoms with E-state index in [1.165, 1.54) is 25.3 Å². The molecule has 0 spiro atoms. The van der Waals surface area contributed by atoms with Crippen LogP contribution in [0.25, 0.3) is 21.9 Å². The molecule has 4 aromatic carbocycles. The molecule has 10 heteroatoms. The number of carboxylic acid groups (broad SMARTS) is 1. The molecule has 0 aliphatic rings. The Bertz CT molecular complexity index is 1560. The molecule has 0 radical (unpaired) electrons. The summed E-state index contributed by atoms with van der Waals surface area (Å²) in [4.78, 5) is 11.1. The van der Waals surface area contributed by atoms with E-state index >= 15 is 0 Å². The van der Waals surface area contributed by atoms with Crippen LogP contribution in [0.4, 0.5) is 14.5 Å². The van der Waals surface area contributed by atoms with Crippen LogP contribution >= 0.6 is 11.6 Å². The van der Waals surface area contributed by atoms with E-state index in [4.69, 9.17) is 21.4 Å². The minimum absolute atomic E-state index is 0.134. The highest BCUT2D eigenvalue weighted by Gasteiger charge is 2.24. The van der Waals surface area contributed by atoms with Gasteiger partial charge >= 0.3 is 5.97 Å². The predicted molar refractivity (Wildman–Crippen MR) is 125 cm³/mol. The molecule has 0 unspecified atom stereocenters. The number of hydrogen-bond acceptors (Lipinski definition) is 4. The molecule has 0 saturated heterocycles. The van der Waals surface area contributed by atoms with E-state index in [0.717, 1.165) is 24.3 Å². The second kappa shape index (κ2) is 8.92. The lowest BCUT2D eigenvalue weighted by Gasteiger charge is -2.17. The molecule has 0 bridgehead atoms. The predicted octanol–water partition coefficient (Wildman–Crippen LogP) is 5.95. The number of rotatable bonds is 6. The maximum atomic E-state index is 13.8. The normalized spacial score (nSPS) is 11.4. The van der Waals surface area contributed by atoms with Crippen LogP contribution in [-0.2, 0) is 10.0 Å². The number of methoxy groups -OCH3 is 1. The zero-order chi connectivity index (χ0) is 24.6. The Morgan fingerprint density at radius 2 is 1.65 bits per heavy atom. The lowest BCUT2D eigenvalue weighted by molar-refractivity contribution is 0.0692. The quantitative estimate of drug-likeness (QED) is 0.339. The van der Waals surface area contributed by atoms with Crippen molar-refractivity contribution in [2.45, 2.75) is 4.90 Å². The van der Waals surface area contributed by atoms with E-state index in [1.54, 1.807) is 24.3 Å². The van der Waals surface area contributed by atoms with Crippen LogP contribution in [0, 0.1) is 11.6 Å². The zero-order valence-electron chi connectivity index (χ0n) is 17.5. The summed E-state index contributed by atoms with van der Waals surface area (Å²) in [6.07, 6.45) is 0. The first-order valence-electron chi connectivity index (χ1n) is 9.73. The number of halogens is 3. The fourth-order valence-electron chi connectivity index (χ4n) is 3.60. The van der Waals surface area contributed by atoms with Crippen molar-refractivity contribution in [2.24, 2.45) is 0 Å². The number of nitrogens with one attached hydrogen (secondary N) is 1. The Morgan fingerprint density at radius 3 is 2.29 bits per heavy atom. The van der Waals surface area contributed by atoms with E-state index in [-0.39, 0.29) is 15.6 Å². The van der Waals surface area contributed by atoms with Crippen molar-refractivity contribution < 1.29 is 31.8 Å². The maximum absolute atomic E-state index is 13.8. The fraction of sp³-hybridized carbons (Fsp3) is 0.0417. The zero-order valence-corrected chi connectivity index (χ0v) is 19.0. The molecule has 0 aromatic heterocycles. The second-order valence-corrected chi connectivity index (χ2v) is 9.29. The summed E-state index contributed by atoms with van der Waals surface area (Å²) >= 11 is 5.94. The highest BCUT2D eigenvalue weighted by molar-refractivity contribution is 7.93. The van der Waals surface area contributed by atoms with Gasteiger partial charge in [-0.05, 0) is 42.0 Å². The molecule has 2 N–H and O–H groups in total. The van der Waals surface area contributed by atoms with Crippen LogP contribution in [0.1, 0.15) is 10.4 Å². The molecule has 34 heavy (non-hydrogen) atoms. The van der Waals surface area contributed by atoms with Crippen molar-refractivity contribution in [1.82, 2.24) is 0 Å². The Morgan fingerprint density at radius 1 is 0.971 bits per heavy atom. The molecule has 0 amide bonds. The van der Waals surface area contributed by atoms with Gasteiger partial charge in [0.2, 0.25) is 0 Å². The van der Waals surface area contributed by atoms with Gasteiger partial charge in [0.25, 0.3) is 10.0 Å². The third-order valence-electron chi connectivity index (χ3n) is 5.13. The van der Waals surface area contributed by atoms with Crippen LogP contribution in [0.15, 0.2) is 71.6 Å². The molecule has 0 aliphatic heterocycles. The first-order chi connectivity index (χ1) is 16.1. The summed E-state index contributed by atoms with van der Waals surface area (Å²) < 4.78 is 62.2. The minimum Gasteiger partial charge on any atom is -0.495 e. The van der Waals surface area contributed by atoms with Gasteiger partial charge in [-0.2, -0.15) is 0 Å². The van der Waals surface area contributed by atoms with Crippen molar-refractivity contribution in [3.05, 3.63) is 89.0 Å². The summed E-state index contributed by atoms with van der Waals surface area (Å²) in [6, 6.07) is 14.8. The molecular weight excluding hydrogens is 488 g/mol. The van der Waals surface area contributed by atoms with Gasteiger partial charge in [-0.1, -0.05) is 41.9 Å². The number of aromatic carboxylic acids is 1. The van der Waals surface area contributed by atoms with E-state index in [9.17, 15) is 22.0 Å². The van der Waals surface area contributed by atoms with E-state index in [1.807, 2.05) is 0 Å². The van der Waals surface area contributed by atoms with Gasteiger partial charge in [0.1, 0.15) is 17.4 Å². The largest absolute Gasteiger partial charge is 0.495 e. The Hall–Kier alpha value is -3.69. The van der Waals surface area contributed by atoms with Gasteiger partial charge in [0, 0.05) is 22.0 Å². The number of benzene rings is 4. The highest BCUT2D eigenvalue weighted by atomic mass is 35.5. The monoisotopic (exact) mass is 503 g/mol. The molecule has 0 atom stereocenters. The molecule has 0 saturated carbocycles. The third-order valence-corrected chi connectivity index (χ3v) is 6.84. The second-order valence-electron chi connectivity index (χ2n) is 7.24. The van der Waals surface area contributed by atoms with E-state index in [2.05, 4.69) is 4.72 Å². The van der Waals surface area contributed by atoms with Crippen molar-refractivity contribution in [3.8, 4) is 16.9 Å². The molecule has 6 nitrogen and oxygen atoms in total. The van der Waals surface area contributed by atoms with Crippen LogP contribution < -0.4 is 9.46 Å². The van der Waals surface area contributed by atoms with Crippen molar-refractivity contribution in [2.75, 3.05) is 11.8 Å². The van der Waals surface area contributed by atoms with Crippen molar-refractivity contribution >= 4 is 44.1 Å². The molecule has 0 fully saturated rings. The molecule has 174 valence electrons. The lowest BCUT2D eigenvalue weighted by Crippen LogP contribution is -2.15. The van der Waals surface area contributed by atoms with Crippen LogP contribution in [0.3, 0.4) is 0 Å². The van der Waals surface area contributed by atoms with Gasteiger partial charge in [-0.25, -0.2) is 22.0 Å². The van der Waals surface area contributed by atoms with Crippen molar-refractivity contribution in [1.29, 1.82) is 0 Å². The molecule has 4 rings (SSSR count). The van der Waals surface area contributed by atoms with Gasteiger partial charge in [0.05, 0.1) is 22.6 Å². The first kappa shape index (κ1) is 23.5. The number of fused-ring (bicyclic) bond motifs is 1. The average molecular weight is 504 g/mol. The van der Waals surface area contributed by atoms with Gasteiger partial charge in [-0.15, -0.1) is 0 Å². The molecule has 0 aliphatic carbocycles. The summed E-state index contributed by atoms with van der Waals surface area (Å²) in [5.41, 5.74) is -0.0549. The van der Waals surface area contributed by atoms with Crippen molar-refractivity contribution in [3.63, 3.8) is 0 Å². The Kier molecular flexibility index (Phi) is 6.16. The van der Waals surface area contributed by atoms with Gasteiger partial charge in [0.15, 0.2) is 0 Å². The number of carboxylic acids is 1. The van der Waals surface area contributed by atoms with Crippen LogP contribution in [-0.4, -0.2) is 26.6 Å². The first-order valence-corrected chi connectivity index (χ1v) is 11.6. The minimum atomic E-state index is -4.30. The van der Waals surface area contributed by atoms with Gasteiger partial charge < -0.3 is 9.84 Å². The summed E-state index contributed by atoms with van der Waals surface area (Å²) in [5, 5.41) is 9.78. The average Bonchev–Trinajstić information content (AvgIpc) is 2.80. The Balaban J connectivity index is 1.94. The lowest BCUT2D eigenvalue weighted by atomic mass is 9.99. The van der Waals surface area contributed by atoms with E-state index < -0.39 is 33.2 Å². The summed E-state index contributed by atoms with van der Waals surface area (Å²) in [7, 11) is -2.87. The van der Waals surface area contributed by atoms with Crippen LogP contribution in [0.2, 0.25) is 5.02 Å². The fourth-order valence-corrected chi connectivity index (χ4v) is 5.07. The maximum Gasteiger partial charge on any atom is 0.338 e. The SMILES string of the molecule is COc1c(-c2ccc(F)c(Cl)c2)cc(S(=O)(=O)Nc2ccc(F)c(C(=O)O)c2)c2ccccc12. The molecule has 0 heterocycles. The molecular formula is C24H16ClF2NO5S. The number of hydrogen-bond donors (Lipinski definition) is 2. The number of ether oxygens (including phenoxy) is 1. The Labute approximate surface area is 198 Å². The number of sulfonamides is 1. The van der Waals surface area contributed by atoms with Gasteiger partial charge in [-0.3, -0.25) is 4.72 Å². The highest BCUT2D eigenvalue weighted by Crippen LogP contribution is 2.41.